The maximum absolute atomic E-state index is 12.5. The fraction of sp³-hybridized carbons (Fsp3) is 0.435. The van der Waals surface area contributed by atoms with Crippen LogP contribution in [0, 0.1) is 6.92 Å². The van der Waals surface area contributed by atoms with Gasteiger partial charge in [-0.25, -0.2) is 9.78 Å². The number of hydrogen-bond donors (Lipinski definition) is 3. The molecule has 0 radical (unpaired) electrons. The maximum Gasteiger partial charge on any atom is 0.573 e. The smallest absolute Gasteiger partial charge is 0.507 e. The molecule has 3 heterocycles. The number of halogens is 6. The zero-order valence-electron chi connectivity index (χ0n) is 20.2. The molecule has 208 valence electrons. The van der Waals surface area contributed by atoms with E-state index in [0.717, 1.165) is 38.5 Å². The summed E-state index contributed by atoms with van der Waals surface area (Å²) in [5, 5.41) is 20.8. The molecule has 2 aromatic heterocycles. The van der Waals surface area contributed by atoms with Crippen molar-refractivity contribution in [2.75, 3.05) is 25.0 Å². The summed E-state index contributed by atoms with van der Waals surface area (Å²) in [5.74, 6) is -3.61. The quantitative estimate of drug-likeness (QED) is 0.362. The molecule has 15 heteroatoms. The number of aryl methyl sites for hydroxylation is 1. The largest absolute Gasteiger partial charge is 0.573 e. The molecule has 9 nitrogen and oxygen atoms in total. The van der Waals surface area contributed by atoms with Crippen LogP contribution in [0.25, 0.3) is 22.5 Å². The first kappa shape index (κ1) is 28.8. The highest BCUT2D eigenvalue weighted by Gasteiger charge is 2.38. The molecule has 0 spiro atoms. The Morgan fingerprint density at radius 2 is 1.89 bits per heavy atom. The first-order chi connectivity index (χ1) is 17.7. The molecule has 0 saturated carbocycles. The van der Waals surface area contributed by atoms with Crippen molar-refractivity contribution in [3.8, 4) is 22.8 Å². The fourth-order valence-corrected chi connectivity index (χ4v) is 3.92. The first-order valence-corrected chi connectivity index (χ1v) is 11.3. The summed E-state index contributed by atoms with van der Waals surface area (Å²) in [6.07, 6.45) is -7.80. The molecule has 0 bridgehead atoms. The van der Waals surface area contributed by atoms with Crippen LogP contribution in [0.1, 0.15) is 25.3 Å². The number of nitrogens with zero attached hydrogens (tertiary/aromatic N) is 3. The van der Waals surface area contributed by atoms with Crippen LogP contribution in [-0.4, -0.2) is 69.3 Å². The number of carboxylic acids is 1. The zero-order valence-corrected chi connectivity index (χ0v) is 20.2. The van der Waals surface area contributed by atoms with Gasteiger partial charge in [-0.3, -0.25) is 0 Å². The van der Waals surface area contributed by atoms with Gasteiger partial charge in [0.25, 0.3) is 6.01 Å². The second kappa shape index (κ2) is 11.3. The number of oxazole rings is 1. The van der Waals surface area contributed by atoms with E-state index in [4.69, 9.17) is 14.3 Å². The molecule has 3 N–H and O–H groups in total. The number of fused-ring (bicyclic) bond motifs is 1. The number of alkyl halides is 6. The van der Waals surface area contributed by atoms with Gasteiger partial charge in [0.15, 0.2) is 5.58 Å². The SMILES string of the molecule is CCN1CCC[C@@H](Nc2nc3nc(-c4c(C)cc(OC(F)(F)F)cc4O)ccc3o2)C1.O=C(O)C(F)(F)F. The van der Waals surface area contributed by atoms with Crippen molar-refractivity contribution in [3.05, 3.63) is 29.8 Å². The van der Waals surface area contributed by atoms with Crippen LogP contribution >= 0.6 is 0 Å². The van der Waals surface area contributed by atoms with Gasteiger partial charge in [0, 0.05) is 24.2 Å². The molecule has 0 aliphatic carbocycles. The van der Waals surface area contributed by atoms with Gasteiger partial charge in [-0.2, -0.15) is 18.2 Å². The van der Waals surface area contributed by atoms with Crippen molar-refractivity contribution in [2.45, 2.75) is 45.3 Å². The number of phenolic OH excluding ortho intramolecular Hbond substituents is 1. The predicted octanol–water partition coefficient (Wildman–Crippen LogP) is 5.33. The molecule has 1 aliphatic rings. The van der Waals surface area contributed by atoms with E-state index in [1.807, 2.05) is 0 Å². The highest BCUT2D eigenvalue weighted by molar-refractivity contribution is 5.79. The highest BCUT2D eigenvalue weighted by Crippen LogP contribution is 2.37. The van der Waals surface area contributed by atoms with Crippen LogP contribution in [-0.2, 0) is 4.79 Å². The zero-order chi connectivity index (χ0) is 28.3. The summed E-state index contributed by atoms with van der Waals surface area (Å²) < 4.78 is 78.8. The Hall–Kier alpha value is -3.75. The number of hydrogen-bond acceptors (Lipinski definition) is 8. The van der Waals surface area contributed by atoms with Crippen LogP contribution in [0.3, 0.4) is 0 Å². The van der Waals surface area contributed by atoms with Gasteiger partial charge in [0.2, 0.25) is 5.65 Å². The van der Waals surface area contributed by atoms with E-state index in [1.54, 1.807) is 19.1 Å². The number of rotatable bonds is 5. The first-order valence-electron chi connectivity index (χ1n) is 11.3. The summed E-state index contributed by atoms with van der Waals surface area (Å²) in [6.45, 7) is 6.69. The number of likely N-dealkylation sites (N-methyl/N-ethyl adjacent to an activating group) is 1. The van der Waals surface area contributed by atoms with Crippen molar-refractivity contribution in [2.24, 2.45) is 0 Å². The van der Waals surface area contributed by atoms with Crippen molar-refractivity contribution in [1.29, 1.82) is 0 Å². The van der Waals surface area contributed by atoms with Crippen LogP contribution in [0.15, 0.2) is 28.7 Å². The van der Waals surface area contributed by atoms with Crippen LogP contribution in [0.4, 0.5) is 32.4 Å². The van der Waals surface area contributed by atoms with E-state index >= 15 is 0 Å². The summed E-state index contributed by atoms with van der Waals surface area (Å²) in [5.41, 5.74) is 1.88. The Kier molecular flexibility index (Phi) is 8.59. The summed E-state index contributed by atoms with van der Waals surface area (Å²) in [6, 6.07) is 6.02. The maximum atomic E-state index is 12.5. The lowest BCUT2D eigenvalue weighted by Gasteiger charge is -2.31. The molecule has 3 aromatic rings. The van der Waals surface area contributed by atoms with Crippen molar-refractivity contribution in [3.63, 3.8) is 0 Å². The lowest BCUT2D eigenvalue weighted by atomic mass is 10.0. The number of carbonyl (C=O) groups is 1. The lowest BCUT2D eigenvalue weighted by Crippen LogP contribution is -2.41. The van der Waals surface area contributed by atoms with E-state index in [2.05, 4.69) is 31.8 Å². The topological polar surface area (TPSA) is 121 Å². The number of likely N-dealkylation sites (tertiary alicyclic amines) is 1. The molecule has 1 fully saturated rings. The van der Waals surface area contributed by atoms with Gasteiger partial charge in [-0.1, -0.05) is 6.92 Å². The number of carboxylic acid groups (broad SMARTS) is 1. The van der Waals surface area contributed by atoms with Gasteiger partial charge in [-0.15, -0.1) is 13.2 Å². The monoisotopic (exact) mass is 550 g/mol. The van der Waals surface area contributed by atoms with E-state index in [-0.39, 0.29) is 11.8 Å². The predicted molar refractivity (Wildman–Crippen MR) is 123 cm³/mol. The van der Waals surface area contributed by atoms with E-state index < -0.39 is 24.3 Å². The van der Waals surface area contributed by atoms with Gasteiger partial charge >= 0.3 is 18.5 Å². The Labute approximate surface area is 212 Å². The molecule has 1 saturated heterocycles. The molecule has 1 aliphatic heterocycles. The minimum atomic E-state index is -5.08. The highest BCUT2D eigenvalue weighted by atomic mass is 19.4. The summed E-state index contributed by atoms with van der Waals surface area (Å²) in [4.78, 5) is 20.1. The van der Waals surface area contributed by atoms with Crippen molar-refractivity contribution in [1.82, 2.24) is 14.9 Å². The molecule has 0 amide bonds. The van der Waals surface area contributed by atoms with Crippen LogP contribution in [0.2, 0.25) is 0 Å². The van der Waals surface area contributed by atoms with E-state index in [9.17, 15) is 31.4 Å². The second-order valence-electron chi connectivity index (χ2n) is 8.40. The summed E-state index contributed by atoms with van der Waals surface area (Å²) in [7, 11) is 0. The Bertz CT molecular complexity index is 1250. The van der Waals surface area contributed by atoms with Gasteiger partial charge in [-0.05, 0) is 56.6 Å². The second-order valence-corrected chi connectivity index (χ2v) is 8.40. The molecule has 1 atom stereocenters. The third-order valence-electron chi connectivity index (χ3n) is 5.55. The normalized spacial score (nSPS) is 16.6. The van der Waals surface area contributed by atoms with Gasteiger partial charge in [0.05, 0.1) is 5.69 Å². The van der Waals surface area contributed by atoms with Crippen molar-refractivity contribution < 1.29 is 50.5 Å². The van der Waals surface area contributed by atoms with Gasteiger partial charge < -0.3 is 29.6 Å². The number of pyridine rings is 1. The average molecular weight is 550 g/mol. The minimum Gasteiger partial charge on any atom is -0.507 e. The number of aliphatic carboxylic acids is 1. The van der Waals surface area contributed by atoms with Crippen LogP contribution < -0.4 is 10.1 Å². The molecule has 0 unspecified atom stereocenters. The minimum absolute atomic E-state index is 0.230. The summed E-state index contributed by atoms with van der Waals surface area (Å²) >= 11 is 0. The lowest BCUT2D eigenvalue weighted by molar-refractivity contribution is -0.274. The number of ether oxygens (including phenoxy) is 1. The molecule has 4 rings (SSSR count). The number of aromatic nitrogens is 2. The fourth-order valence-electron chi connectivity index (χ4n) is 3.92. The Balaban J connectivity index is 0.000000505. The molecular formula is C23H24F6N4O5. The van der Waals surface area contributed by atoms with Crippen molar-refractivity contribution >= 4 is 23.2 Å². The molecular weight excluding hydrogens is 526 g/mol. The Morgan fingerprint density at radius 3 is 2.47 bits per heavy atom. The molecule has 1 aromatic carbocycles. The third kappa shape index (κ3) is 7.63. The number of aromatic hydroxyl groups is 1. The number of nitrogens with one attached hydrogen (secondary N) is 1. The number of piperidine rings is 1. The Morgan fingerprint density at radius 1 is 1.21 bits per heavy atom. The number of benzene rings is 1. The molecule has 38 heavy (non-hydrogen) atoms. The average Bonchev–Trinajstić information content (AvgIpc) is 3.19. The van der Waals surface area contributed by atoms with Crippen LogP contribution in [0.5, 0.6) is 11.5 Å². The van der Waals surface area contributed by atoms with E-state index in [0.29, 0.717) is 34.1 Å². The number of anilines is 1. The standard InChI is InChI=1S/C21H23F3N4O3.C2HF3O2/c1-3-28-8-4-5-13(11-28)25-20-27-19-17(30-20)7-6-15(26-19)18-12(2)9-14(10-16(18)29)31-21(22,23)24;3-2(4,5)1(6)7/h6-7,9-10,13,29H,3-5,8,11H2,1-2H3,(H,25,26,27);(H,6,7)/t13-;/m1./s1. The third-order valence-corrected chi connectivity index (χ3v) is 5.55. The van der Waals surface area contributed by atoms with Gasteiger partial charge in [0.1, 0.15) is 11.5 Å². The van der Waals surface area contributed by atoms with E-state index in [1.165, 1.54) is 6.07 Å². The number of phenols is 1.